The summed E-state index contributed by atoms with van der Waals surface area (Å²) in [6.45, 7) is 9.15. The van der Waals surface area contributed by atoms with Gasteiger partial charge in [-0.2, -0.15) is 0 Å². The minimum Gasteiger partial charge on any atom is -0.550 e. The van der Waals surface area contributed by atoms with Gasteiger partial charge in [0.2, 0.25) is 0 Å². The third-order valence-electron chi connectivity index (χ3n) is 4.24. The molecule has 0 atom stereocenters. The minimum atomic E-state index is -1.08. The molecule has 1 aromatic carbocycles. The second-order valence-electron chi connectivity index (χ2n) is 6.64. The van der Waals surface area contributed by atoms with Crippen molar-refractivity contribution in [2.45, 2.75) is 45.8 Å². The number of carbonyl (C=O) groups excluding carboxylic acids is 1. The van der Waals surface area contributed by atoms with Gasteiger partial charge in [0.25, 0.3) is 0 Å². The number of rotatable bonds is 1. The topological polar surface area (TPSA) is 71.5 Å². The van der Waals surface area contributed by atoms with E-state index in [1.54, 1.807) is 6.20 Å². The largest absolute Gasteiger partial charge is 1.00 e. The van der Waals surface area contributed by atoms with E-state index in [1.165, 1.54) is 0 Å². The van der Waals surface area contributed by atoms with E-state index in [9.17, 15) is 0 Å². The van der Waals surface area contributed by atoms with E-state index in [0.29, 0.717) is 5.02 Å². The Kier molecular flexibility index (Phi) is 8.11. The molecule has 25 heavy (non-hydrogen) atoms. The van der Waals surface area contributed by atoms with Crippen LogP contribution in [0.3, 0.4) is 0 Å². The first-order valence-electron chi connectivity index (χ1n) is 7.61. The van der Waals surface area contributed by atoms with E-state index >= 15 is 0 Å². The molecule has 1 aliphatic heterocycles. The van der Waals surface area contributed by atoms with E-state index in [4.69, 9.17) is 30.8 Å². The molecule has 5 nitrogen and oxygen atoms in total. The zero-order chi connectivity index (χ0) is 18.1. The molecule has 0 bridgehead atoms. The van der Waals surface area contributed by atoms with Crippen molar-refractivity contribution in [1.82, 2.24) is 4.98 Å². The van der Waals surface area contributed by atoms with Gasteiger partial charge in [-0.15, -0.1) is 0 Å². The molecule has 8 heteroatoms. The number of aromatic nitrogens is 1. The van der Waals surface area contributed by atoms with Crippen LogP contribution in [0.25, 0.3) is 10.9 Å². The van der Waals surface area contributed by atoms with Crippen LogP contribution in [0.5, 0.6) is 0 Å². The first-order chi connectivity index (χ1) is 11.0. The van der Waals surface area contributed by atoms with Gasteiger partial charge in [0, 0.05) is 22.6 Å². The van der Waals surface area contributed by atoms with Crippen LogP contribution >= 0.6 is 11.6 Å². The summed E-state index contributed by atoms with van der Waals surface area (Å²) in [5.41, 5.74) is 1.15. The maximum atomic E-state index is 8.89. The average molecular weight is 388 g/mol. The van der Waals surface area contributed by atoms with Crippen molar-refractivity contribution in [2.24, 2.45) is 0 Å². The molecular formula is C17H20BClKNO4. The van der Waals surface area contributed by atoms with Crippen molar-refractivity contribution in [2.75, 3.05) is 0 Å². The number of hydrogen-bond donors (Lipinski definition) is 0. The molecule has 1 fully saturated rings. The van der Waals surface area contributed by atoms with Crippen molar-refractivity contribution in [3.8, 4) is 0 Å². The van der Waals surface area contributed by atoms with E-state index in [0.717, 1.165) is 23.3 Å². The van der Waals surface area contributed by atoms with Gasteiger partial charge >= 0.3 is 58.5 Å². The number of hydrogen-bond acceptors (Lipinski definition) is 5. The Bertz CT molecular complexity index is 749. The van der Waals surface area contributed by atoms with Crippen molar-refractivity contribution >= 4 is 41.1 Å². The van der Waals surface area contributed by atoms with E-state index in [2.05, 4.69) is 4.98 Å². The molecule has 1 saturated heterocycles. The molecule has 0 aliphatic carbocycles. The fourth-order valence-electron chi connectivity index (χ4n) is 2.32. The second kappa shape index (κ2) is 8.80. The number of carbonyl (C=O) groups is 1. The van der Waals surface area contributed by atoms with E-state index < -0.39 is 13.1 Å². The number of benzene rings is 1. The van der Waals surface area contributed by atoms with E-state index in [1.807, 2.05) is 52.0 Å². The van der Waals surface area contributed by atoms with Crippen molar-refractivity contribution < 1.29 is 70.6 Å². The summed E-state index contributed by atoms with van der Waals surface area (Å²) in [6.07, 6.45) is 1.77. The predicted molar refractivity (Wildman–Crippen MR) is 93.2 cm³/mol. The average Bonchev–Trinajstić information content (AvgIpc) is 2.66. The van der Waals surface area contributed by atoms with Gasteiger partial charge in [-0.25, -0.2) is 0 Å². The third-order valence-corrected chi connectivity index (χ3v) is 4.48. The normalized spacial score (nSPS) is 17.4. The fourth-order valence-corrected chi connectivity index (χ4v) is 2.49. The van der Waals surface area contributed by atoms with Crippen LogP contribution in [0.2, 0.25) is 5.02 Å². The molecule has 3 rings (SSSR count). The first-order valence-corrected chi connectivity index (χ1v) is 7.99. The van der Waals surface area contributed by atoms with E-state index in [-0.39, 0.29) is 62.6 Å². The van der Waals surface area contributed by atoms with Gasteiger partial charge in [-0.1, -0.05) is 11.6 Å². The van der Waals surface area contributed by atoms with Crippen molar-refractivity contribution in [3.05, 3.63) is 35.5 Å². The molecule has 0 radical (unpaired) electrons. The summed E-state index contributed by atoms with van der Waals surface area (Å²) in [6, 6.07) is 7.59. The molecule has 128 valence electrons. The van der Waals surface area contributed by atoms with Crippen molar-refractivity contribution in [3.63, 3.8) is 0 Å². The smallest absolute Gasteiger partial charge is 0.550 e. The standard InChI is InChI=1S/C15H17BClNO2.C2H4O2.K/c1-14(2)15(3,4)20-16(19-14)12-7-8-18-13-6-5-10(17)9-11(12)13;1-2(3)4;/h5-9H,1-4H3;1H3,(H,3,4);/q;;+1/p-1. The summed E-state index contributed by atoms with van der Waals surface area (Å²) >= 11 is 6.10. The number of fused-ring (bicyclic) bond motifs is 1. The molecule has 0 amide bonds. The third kappa shape index (κ3) is 5.50. The number of carboxylic acids is 1. The van der Waals surface area contributed by atoms with Crippen LogP contribution in [-0.4, -0.2) is 29.3 Å². The molecule has 1 aliphatic rings. The molecule has 2 heterocycles. The Labute approximate surface area is 196 Å². The number of halogens is 1. The zero-order valence-electron chi connectivity index (χ0n) is 15.4. The molecule has 2 aromatic rings. The zero-order valence-corrected chi connectivity index (χ0v) is 19.3. The number of nitrogens with zero attached hydrogens (tertiary/aromatic N) is 1. The summed E-state index contributed by atoms with van der Waals surface area (Å²) < 4.78 is 12.2. The maximum Gasteiger partial charge on any atom is 1.00 e. The monoisotopic (exact) mass is 387 g/mol. The minimum absolute atomic E-state index is 0. The summed E-state index contributed by atoms with van der Waals surface area (Å²) in [7, 11) is -0.399. The molecule has 0 unspecified atom stereocenters. The number of pyridine rings is 1. The maximum absolute atomic E-state index is 8.89. The van der Waals surface area contributed by atoms with Crippen LogP contribution in [0.1, 0.15) is 34.6 Å². The van der Waals surface area contributed by atoms with Gasteiger partial charge in [0.15, 0.2) is 0 Å². The van der Waals surface area contributed by atoms with Crippen molar-refractivity contribution in [1.29, 1.82) is 0 Å². The predicted octanol–water partition coefficient (Wildman–Crippen LogP) is -1.05. The van der Waals surface area contributed by atoms with Crippen LogP contribution < -0.4 is 62.0 Å². The Hall–Kier alpha value is 0.0113. The fraction of sp³-hybridized carbons (Fsp3) is 0.412. The van der Waals surface area contributed by atoms with Crippen LogP contribution in [0.15, 0.2) is 30.5 Å². The molecule has 1 aromatic heterocycles. The molecular weight excluding hydrogens is 368 g/mol. The van der Waals surface area contributed by atoms with Crippen LogP contribution in [-0.2, 0) is 14.1 Å². The Balaban J connectivity index is 0.000000568. The van der Waals surface area contributed by atoms with Crippen LogP contribution in [0.4, 0.5) is 0 Å². The van der Waals surface area contributed by atoms with Gasteiger partial charge in [0.1, 0.15) is 0 Å². The quantitative estimate of drug-likeness (QED) is 0.584. The Morgan fingerprint density at radius 1 is 1.16 bits per heavy atom. The van der Waals surface area contributed by atoms with Gasteiger partial charge < -0.3 is 19.2 Å². The summed E-state index contributed by atoms with van der Waals surface area (Å²) in [5, 5.41) is 10.5. The SMILES string of the molecule is CC(=O)[O-].CC1(C)OB(c2ccnc3ccc(Cl)cc23)OC1(C)C.[K+]. The van der Waals surface area contributed by atoms with Gasteiger partial charge in [-0.05, 0) is 64.3 Å². The Morgan fingerprint density at radius 3 is 2.20 bits per heavy atom. The summed E-state index contributed by atoms with van der Waals surface area (Å²) in [4.78, 5) is 13.2. The van der Waals surface area contributed by atoms with Gasteiger partial charge in [-0.3, -0.25) is 4.98 Å². The Morgan fingerprint density at radius 2 is 1.68 bits per heavy atom. The summed E-state index contributed by atoms with van der Waals surface area (Å²) in [5.74, 6) is -1.08. The molecule has 0 spiro atoms. The van der Waals surface area contributed by atoms with Crippen LogP contribution in [0, 0.1) is 0 Å². The number of carboxylic acid groups (broad SMARTS) is 1. The van der Waals surface area contributed by atoms with Gasteiger partial charge in [0.05, 0.1) is 16.7 Å². The molecule has 0 N–H and O–H groups in total. The number of aliphatic carboxylic acids is 1. The molecule has 0 saturated carbocycles. The first kappa shape index (κ1) is 23.1. The second-order valence-corrected chi connectivity index (χ2v) is 7.08.